The summed E-state index contributed by atoms with van der Waals surface area (Å²) in [6.07, 6.45) is 3.40. The average molecular weight is 221 g/mol. The van der Waals surface area contributed by atoms with Crippen LogP contribution in [0.5, 0.6) is 0 Å². The highest BCUT2D eigenvalue weighted by Crippen LogP contribution is 2.21. The summed E-state index contributed by atoms with van der Waals surface area (Å²) in [6.45, 7) is 0. The highest BCUT2D eigenvalue weighted by molar-refractivity contribution is 5.65. The molecule has 0 amide bonds. The maximum absolute atomic E-state index is 3.81. The molecule has 0 saturated heterocycles. The van der Waals surface area contributed by atoms with Crippen molar-refractivity contribution in [1.82, 2.24) is 14.8 Å². The molecular formula is C14H11N3. The molecule has 0 radical (unpaired) electrons. The molecule has 1 aromatic heterocycles. The van der Waals surface area contributed by atoms with Crippen molar-refractivity contribution in [2.24, 2.45) is 0 Å². The minimum absolute atomic E-state index is 1.07. The average Bonchev–Trinajstić information content (AvgIpc) is 2.94. The van der Waals surface area contributed by atoms with Gasteiger partial charge >= 0.3 is 0 Å². The van der Waals surface area contributed by atoms with Crippen LogP contribution in [0.25, 0.3) is 16.8 Å². The van der Waals surface area contributed by atoms with Crippen LogP contribution < -0.4 is 0 Å². The summed E-state index contributed by atoms with van der Waals surface area (Å²) in [4.78, 5) is 0. The molecule has 0 N–H and O–H groups in total. The SMILES string of the molecule is c1ccc(-c2cccc(-n3cnnc3)c2)cc1. The second-order valence-corrected chi connectivity index (χ2v) is 3.79. The van der Waals surface area contributed by atoms with E-state index in [1.165, 1.54) is 11.1 Å². The van der Waals surface area contributed by atoms with Gasteiger partial charge in [0.25, 0.3) is 0 Å². The van der Waals surface area contributed by atoms with Gasteiger partial charge in [-0.15, -0.1) is 10.2 Å². The van der Waals surface area contributed by atoms with Crippen LogP contribution in [-0.2, 0) is 0 Å². The number of aromatic nitrogens is 3. The Kier molecular flexibility index (Phi) is 2.43. The first-order valence-electron chi connectivity index (χ1n) is 5.44. The van der Waals surface area contributed by atoms with Crippen molar-refractivity contribution in [3.8, 4) is 16.8 Å². The molecule has 2 aromatic carbocycles. The first-order valence-corrected chi connectivity index (χ1v) is 5.44. The molecule has 82 valence electrons. The molecule has 0 unspecified atom stereocenters. The van der Waals surface area contributed by atoms with Gasteiger partial charge in [0, 0.05) is 5.69 Å². The standard InChI is InChI=1S/C14H11N3/c1-2-5-12(6-3-1)13-7-4-8-14(9-13)17-10-15-16-11-17/h1-11H. The van der Waals surface area contributed by atoms with Gasteiger partial charge in [-0.05, 0) is 23.3 Å². The Hall–Kier alpha value is -2.42. The summed E-state index contributed by atoms with van der Waals surface area (Å²) in [5.74, 6) is 0. The smallest absolute Gasteiger partial charge is 0.123 e. The van der Waals surface area contributed by atoms with Gasteiger partial charge in [-0.1, -0.05) is 42.5 Å². The second kappa shape index (κ2) is 4.22. The van der Waals surface area contributed by atoms with Crippen molar-refractivity contribution >= 4 is 0 Å². The third-order valence-electron chi connectivity index (χ3n) is 2.67. The number of hydrogen-bond donors (Lipinski definition) is 0. The van der Waals surface area contributed by atoms with Crippen LogP contribution in [0.3, 0.4) is 0 Å². The third kappa shape index (κ3) is 1.95. The van der Waals surface area contributed by atoms with Crippen molar-refractivity contribution in [2.45, 2.75) is 0 Å². The summed E-state index contributed by atoms with van der Waals surface area (Å²) in [5.41, 5.74) is 3.47. The van der Waals surface area contributed by atoms with Crippen LogP contribution in [0.4, 0.5) is 0 Å². The van der Waals surface area contributed by atoms with E-state index < -0.39 is 0 Å². The summed E-state index contributed by atoms with van der Waals surface area (Å²) >= 11 is 0. The van der Waals surface area contributed by atoms with E-state index in [0.717, 1.165) is 5.69 Å². The zero-order valence-corrected chi connectivity index (χ0v) is 9.19. The van der Waals surface area contributed by atoms with Crippen LogP contribution in [0.15, 0.2) is 67.3 Å². The second-order valence-electron chi connectivity index (χ2n) is 3.79. The molecule has 3 nitrogen and oxygen atoms in total. The molecule has 0 bridgehead atoms. The molecule has 3 heteroatoms. The summed E-state index contributed by atoms with van der Waals surface area (Å²) in [5, 5.41) is 7.63. The predicted molar refractivity (Wildman–Crippen MR) is 66.8 cm³/mol. The molecule has 0 aliphatic carbocycles. The molecule has 3 rings (SSSR count). The van der Waals surface area contributed by atoms with Crippen LogP contribution in [0, 0.1) is 0 Å². The van der Waals surface area contributed by atoms with E-state index in [0.29, 0.717) is 0 Å². The van der Waals surface area contributed by atoms with Gasteiger partial charge in [0.1, 0.15) is 12.7 Å². The molecule has 17 heavy (non-hydrogen) atoms. The Labute approximate surface area is 99.4 Å². The lowest BCUT2D eigenvalue weighted by Gasteiger charge is -2.05. The van der Waals surface area contributed by atoms with E-state index >= 15 is 0 Å². The van der Waals surface area contributed by atoms with Gasteiger partial charge in [0.2, 0.25) is 0 Å². The first kappa shape index (κ1) is 9.78. The number of benzene rings is 2. The molecule has 0 atom stereocenters. The van der Waals surface area contributed by atoms with Gasteiger partial charge in [0.05, 0.1) is 0 Å². The normalized spacial score (nSPS) is 10.4. The molecule has 0 aliphatic heterocycles. The fourth-order valence-electron chi connectivity index (χ4n) is 1.81. The Morgan fingerprint density at radius 1 is 0.706 bits per heavy atom. The van der Waals surface area contributed by atoms with Gasteiger partial charge in [0.15, 0.2) is 0 Å². The Bertz CT molecular complexity index is 600. The van der Waals surface area contributed by atoms with E-state index in [1.807, 2.05) is 34.9 Å². The highest BCUT2D eigenvalue weighted by Gasteiger charge is 2.00. The molecule has 0 fully saturated rings. The van der Waals surface area contributed by atoms with Gasteiger partial charge in [-0.25, -0.2) is 0 Å². The minimum Gasteiger partial charge on any atom is -0.288 e. The Morgan fingerprint density at radius 3 is 2.18 bits per heavy atom. The molecule has 3 aromatic rings. The maximum atomic E-state index is 3.81. The lowest BCUT2D eigenvalue weighted by Crippen LogP contribution is -1.90. The molecule has 0 saturated carbocycles. The topological polar surface area (TPSA) is 30.7 Å². The van der Waals surface area contributed by atoms with Crippen molar-refractivity contribution in [2.75, 3.05) is 0 Å². The zero-order valence-electron chi connectivity index (χ0n) is 9.19. The highest BCUT2D eigenvalue weighted by atomic mass is 15.2. The van der Waals surface area contributed by atoms with E-state index in [4.69, 9.17) is 0 Å². The van der Waals surface area contributed by atoms with E-state index in [9.17, 15) is 0 Å². The van der Waals surface area contributed by atoms with E-state index in [-0.39, 0.29) is 0 Å². The predicted octanol–water partition coefficient (Wildman–Crippen LogP) is 2.93. The Morgan fingerprint density at radius 2 is 1.41 bits per heavy atom. The van der Waals surface area contributed by atoms with Crippen LogP contribution in [0.2, 0.25) is 0 Å². The van der Waals surface area contributed by atoms with Crippen LogP contribution >= 0.6 is 0 Å². The molecule has 0 spiro atoms. The third-order valence-corrected chi connectivity index (χ3v) is 2.67. The molecule has 1 heterocycles. The number of hydrogen-bond acceptors (Lipinski definition) is 2. The van der Waals surface area contributed by atoms with Crippen molar-refractivity contribution in [3.05, 3.63) is 67.3 Å². The monoisotopic (exact) mass is 221 g/mol. The van der Waals surface area contributed by atoms with Crippen molar-refractivity contribution < 1.29 is 0 Å². The van der Waals surface area contributed by atoms with Crippen LogP contribution in [0.1, 0.15) is 0 Å². The fraction of sp³-hybridized carbons (Fsp3) is 0. The maximum Gasteiger partial charge on any atom is 0.123 e. The minimum atomic E-state index is 1.07. The van der Waals surface area contributed by atoms with E-state index in [1.54, 1.807) is 12.7 Å². The number of nitrogens with zero attached hydrogens (tertiary/aromatic N) is 3. The van der Waals surface area contributed by atoms with Gasteiger partial charge in [-0.2, -0.15) is 0 Å². The quantitative estimate of drug-likeness (QED) is 0.666. The zero-order chi connectivity index (χ0) is 11.5. The fourth-order valence-corrected chi connectivity index (χ4v) is 1.81. The summed E-state index contributed by atoms with van der Waals surface area (Å²) in [6, 6.07) is 18.6. The lowest BCUT2D eigenvalue weighted by molar-refractivity contribution is 1.06. The largest absolute Gasteiger partial charge is 0.288 e. The summed E-state index contributed by atoms with van der Waals surface area (Å²) in [7, 11) is 0. The van der Waals surface area contributed by atoms with Gasteiger partial charge in [-0.3, -0.25) is 4.57 Å². The summed E-state index contributed by atoms with van der Waals surface area (Å²) < 4.78 is 1.90. The van der Waals surface area contributed by atoms with Gasteiger partial charge < -0.3 is 0 Å². The molecular weight excluding hydrogens is 210 g/mol. The van der Waals surface area contributed by atoms with E-state index in [2.05, 4.69) is 34.5 Å². The lowest BCUT2D eigenvalue weighted by atomic mass is 10.1. The van der Waals surface area contributed by atoms with Crippen molar-refractivity contribution in [1.29, 1.82) is 0 Å². The number of rotatable bonds is 2. The van der Waals surface area contributed by atoms with Crippen LogP contribution in [-0.4, -0.2) is 14.8 Å². The first-order chi connectivity index (χ1) is 8.43. The van der Waals surface area contributed by atoms with Crippen molar-refractivity contribution in [3.63, 3.8) is 0 Å². The Balaban J connectivity index is 2.06. The molecule has 0 aliphatic rings.